The van der Waals surface area contributed by atoms with Gasteiger partial charge in [-0.3, -0.25) is 4.79 Å². The molecule has 2 aromatic carbocycles. The molecule has 1 atom stereocenters. The molecule has 2 aromatic rings. The molecular formula is C23H28N2O2. The predicted octanol–water partition coefficient (Wildman–Crippen LogP) is 4.66. The summed E-state index contributed by atoms with van der Waals surface area (Å²) in [6.45, 7) is 3.04. The summed E-state index contributed by atoms with van der Waals surface area (Å²) in [6, 6.07) is 16.3. The van der Waals surface area contributed by atoms with E-state index < -0.39 is 0 Å². The molecule has 0 saturated carbocycles. The largest absolute Gasteiger partial charge is 0.496 e. The number of rotatable bonds is 4. The van der Waals surface area contributed by atoms with E-state index in [1.165, 1.54) is 24.9 Å². The summed E-state index contributed by atoms with van der Waals surface area (Å²) in [5, 5.41) is 0. The fraction of sp³-hybridized carbons (Fsp3) is 0.435. The number of ether oxygens (including phenoxy) is 1. The van der Waals surface area contributed by atoms with Gasteiger partial charge in [0.25, 0.3) is 5.91 Å². The number of carbonyl (C=O) groups is 1. The molecular weight excluding hydrogens is 336 g/mol. The Labute approximate surface area is 161 Å². The van der Waals surface area contributed by atoms with E-state index in [0.717, 1.165) is 49.4 Å². The van der Waals surface area contributed by atoms with Gasteiger partial charge in [-0.05, 0) is 62.4 Å². The van der Waals surface area contributed by atoms with Crippen molar-refractivity contribution in [1.29, 1.82) is 0 Å². The number of methoxy groups -OCH3 is 1. The van der Waals surface area contributed by atoms with Crippen molar-refractivity contribution in [3.63, 3.8) is 0 Å². The maximum absolute atomic E-state index is 13.2. The van der Waals surface area contributed by atoms with E-state index in [9.17, 15) is 4.79 Å². The first-order chi connectivity index (χ1) is 13.3. The van der Waals surface area contributed by atoms with Crippen LogP contribution < -0.4 is 9.64 Å². The molecule has 0 radical (unpaired) electrons. The van der Waals surface area contributed by atoms with Crippen LogP contribution in [0.4, 0.5) is 5.69 Å². The molecule has 0 bridgehead atoms. The number of anilines is 1. The molecule has 0 unspecified atom stereocenters. The van der Waals surface area contributed by atoms with Crippen LogP contribution in [0.3, 0.4) is 0 Å². The molecule has 2 aliphatic heterocycles. The van der Waals surface area contributed by atoms with Crippen molar-refractivity contribution in [2.24, 2.45) is 0 Å². The molecule has 0 aromatic heterocycles. The number of hydrogen-bond donors (Lipinski definition) is 0. The second-order valence-corrected chi connectivity index (χ2v) is 7.49. The molecule has 2 saturated heterocycles. The quantitative estimate of drug-likeness (QED) is 0.791. The molecule has 0 spiro atoms. The summed E-state index contributed by atoms with van der Waals surface area (Å²) in [5.41, 5.74) is 3.11. The minimum Gasteiger partial charge on any atom is -0.496 e. The maximum atomic E-state index is 13.2. The number of piperidine rings is 1. The van der Waals surface area contributed by atoms with Crippen molar-refractivity contribution in [2.45, 2.75) is 38.1 Å². The van der Waals surface area contributed by atoms with E-state index in [1.54, 1.807) is 7.11 Å². The average molecular weight is 364 g/mol. The molecule has 0 N–H and O–H groups in total. The summed E-state index contributed by atoms with van der Waals surface area (Å²) >= 11 is 0. The number of benzene rings is 2. The number of para-hydroxylation sites is 1. The van der Waals surface area contributed by atoms with Gasteiger partial charge >= 0.3 is 0 Å². The lowest BCUT2D eigenvalue weighted by atomic mass is 10.0. The van der Waals surface area contributed by atoms with Crippen molar-refractivity contribution >= 4 is 11.6 Å². The predicted molar refractivity (Wildman–Crippen MR) is 109 cm³/mol. The van der Waals surface area contributed by atoms with Crippen molar-refractivity contribution in [3.8, 4) is 5.75 Å². The van der Waals surface area contributed by atoms with Gasteiger partial charge in [-0.15, -0.1) is 0 Å². The van der Waals surface area contributed by atoms with Crippen LogP contribution in [0.2, 0.25) is 0 Å². The highest BCUT2D eigenvalue weighted by Gasteiger charge is 2.32. The normalized spacial score (nSPS) is 20.0. The number of nitrogens with zero attached hydrogens (tertiary/aromatic N) is 2. The third-order valence-electron chi connectivity index (χ3n) is 5.85. The summed E-state index contributed by atoms with van der Waals surface area (Å²) in [6.07, 6.45) is 5.86. The van der Waals surface area contributed by atoms with E-state index in [0.29, 0.717) is 0 Å². The SMILES string of the molecule is COc1ccccc1[C@H]1CCCN1C(=O)c1ccc(N2CCCCC2)cc1. The standard InChI is InChI=1S/C23H28N2O2/c1-27-22-10-4-3-8-20(22)21-9-7-17-25(21)23(26)18-11-13-19(14-12-18)24-15-5-2-6-16-24/h3-4,8,10-14,21H,2,5-7,9,15-17H2,1H3/t21-/m1/s1. The fourth-order valence-corrected chi connectivity index (χ4v) is 4.41. The highest BCUT2D eigenvalue weighted by atomic mass is 16.5. The Balaban J connectivity index is 1.53. The van der Waals surface area contributed by atoms with Gasteiger partial charge in [0.15, 0.2) is 0 Å². The topological polar surface area (TPSA) is 32.8 Å². The van der Waals surface area contributed by atoms with Crippen LogP contribution in [0.5, 0.6) is 5.75 Å². The molecule has 2 heterocycles. The Morgan fingerprint density at radius 3 is 2.41 bits per heavy atom. The Kier molecular flexibility index (Phi) is 5.33. The average Bonchev–Trinajstić information content (AvgIpc) is 3.23. The number of hydrogen-bond acceptors (Lipinski definition) is 3. The smallest absolute Gasteiger partial charge is 0.254 e. The first-order valence-electron chi connectivity index (χ1n) is 10.1. The van der Waals surface area contributed by atoms with Gasteiger partial charge in [0, 0.05) is 36.4 Å². The number of carbonyl (C=O) groups excluding carboxylic acids is 1. The summed E-state index contributed by atoms with van der Waals surface area (Å²) in [4.78, 5) is 17.6. The molecule has 4 heteroatoms. The lowest BCUT2D eigenvalue weighted by molar-refractivity contribution is 0.0734. The summed E-state index contributed by atoms with van der Waals surface area (Å²) in [7, 11) is 1.69. The van der Waals surface area contributed by atoms with E-state index >= 15 is 0 Å². The van der Waals surface area contributed by atoms with Crippen LogP contribution in [-0.2, 0) is 0 Å². The van der Waals surface area contributed by atoms with Crippen LogP contribution in [0.25, 0.3) is 0 Å². The lowest BCUT2D eigenvalue weighted by Gasteiger charge is -2.29. The van der Waals surface area contributed by atoms with E-state index in [4.69, 9.17) is 4.74 Å². The van der Waals surface area contributed by atoms with Gasteiger partial charge in [0.05, 0.1) is 13.2 Å². The Bertz CT molecular complexity index is 781. The van der Waals surface area contributed by atoms with Crippen LogP contribution in [0.1, 0.15) is 54.1 Å². The van der Waals surface area contributed by atoms with Crippen LogP contribution >= 0.6 is 0 Å². The van der Waals surface area contributed by atoms with Crippen molar-refractivity contribution in [1.82, 2.24) is 4.90 Å². The van der Waals surface area contributed by atoms with Gasteiger partial charge in [-0.1, -0.05) is 18.2 Å². The second kappa shape index (κ2) is 8.03. The Hall–Kier alpha value is -2.49. The van der Waals surface area contributed by atoms with Gasteiger partial charge < -0.3 is 14.5 Å². The molecule has 2 fully saturated rings. The minimum absolute atomic E-state index is 0.0930. The lowest BCUT2D eigenvalue weighted by Crippen LogP contribution is -2.31. The highest BCUT2D eigenvalue weighted by Crippen LogP contribution is 2.37. The Morgan fingerprint density at radius 1 is 0.926 bits per heavy atom. The van der Waals surface area contributed by atoms with Crippen molar-refractivity contribution in [2.75, 3.05) is 31.6 Å². The number of amides is 1. The molecule has 27 heavy (non-hydrogen) atoms. The molecule has 1 amide bonds. The monoisotopic (exact) mass is 364 g/mol. The van der Waals surface area contributed by atoms with Crippen LogP contribution in [-0.4, -0.2) is 37.6 Å². The van der Waals surface area contributed by atoms with Gasteiger partial charge in [-0.2, -0.15) is 0 Å². The third kappa shape index (κ3) is 3.66. The van der Waals surface area contributed by atoms with Crippen molar-refractivity contribution < 1.29 is 9.53 Å². The summed E-state index contributed by atoms with van der Waals surface area (Å²) < 4.78 is 5.53. The van der Waals surface area contributed by atoms with Gasteiger partial charge in [0.1, 0.15) is 5.75 Å². The van der Waals surface area contributed by atoms with Crippen molar-refractivity contribution in [3.05, 3.63) is 59.7 Å². The molecule has 2 aliphatic rings. The summed E-state index contributed by atoms with van der Waals surface area (Å²) in [5.74, 6) is 0.983. The zero-order valence-electron chi connectivity index (χ0n) is 16.1. The maximum Gasteiger partial charge on any atom is 0.254 e. The molecule has 4 rings (SSSR count). The zero-order valence-corrected chi connectivity index (χ0v) is 16.1. The van der Waals surface area contributed by atoms with Gasteiger partial charge in [0.2, 0.25) is 0 Å². The second-order valence-electron chi connectivity index (χ2n) is 7.49. The first-order valence-corrected chi connectivity index (χ1v) is 10.1. The third-order valence-corrected chi connectivity index (χ3v) is 5.85. The minimum atomic E-state index is 0.0930. The fourth-order valence-electron chi connectivity index (χ4n) is 4.41. The van der Waals surface area contributed by atoms with Gasteiger partial charge in [-0.25, -0.2) is 0 Å². The first kappa shape index (κ1) is 17.9. The number of likely N-dealkylation sites (tertiary alicyclic amines) is 1. The Morgan fingerprint density at radius 2 is 1.67 bits per heavy atom. The highest BCUT2D eigenvalue weighted by molar-refractivity contribution is 5.95. The van der Waals surface area contributed by atoms with E-state index in [2.05, 4.69) is 23.1 Å². The molecule has 142 valence electrons. The zero-order chi connectivity index (χ0) is 18.6. The molecule has 0 aliphatic carbocycles. The van der Waals surface area contributed by atoms with E-state index in [-0.39, 0.29) is 11.9 Å². The van der Waals surface area contributed by atoms with E-state index in [1.807, 2.05) is 35.2 Å². The molecule has 4 nitrogen and oxygen atoms in total. The van der Waals surface area contributed by atoms with Crippen LogP contribution in [0, 0.1) is 0 Å². The van der Waals surface area contributed by atoms with Crippen LogP contribution in [0.15, 0.2) is 48.5 Å².